The van der Waals surface area contributed by atoms with Crippen LogP contribution in [0.2, 0.25) is 0 Å². The maximum Gasteiger partial charge on any atom is 0.129 e. The molecule has 0 unspecified atom stereocenters. The van der Waals surface area contributed by atoms with Crippen molar-refractivity contribution < 1.29 is 5.11 Å². The first-order chi connectivity index (χ1) is 7.19. The highest BCUT2D eigenvalue weighted by Crippen LogP contribution is 2.41. The van der Waals surface area contributed by atoms with Crippen molar-refractivity contribution in [3.8, 4) is 0 Å². The van der Waals surface area contributed by atoms with Crippen molar-refractivity contribution in [2.45, 2.75) is 24.4 Å². The molecule has 1 saturated carbocycles. The van der Waals surface area contributed by atoms with Crippen LogP contribution in [0.5, 0.6) is 0 Å². The van der Waals surface area contributed by atoms with Crippen molar-refractivity contribution in [3.05, 3.63) is 23.4 Å². The van der Waals surface area contributed by atoms with E-state index in [0.29, 0.717) is 24.8 Å². The molecule has 4 heteroatoms. The molecule has 0 bridgehead atoms. The number of nitrogens with one attached hydrogen (secondary N) is 1. The first-order valence-corrected chi connectivity index (χ1v) is 5.38. The summed E-state index contributed by atoms with van der Waals surface area (Å²) in [4.78, 5) is 4.18. The van der Waals surface area contributed by atoms with E-state index in [4.69, 9.17) is 5.73 Å². The van der Waals surface area contributed by atoms with Gasteiger partial charge in [0.1, 0.15) is 11.4 Å². The smallest absolute Gasteiger partial charge is 0.129 e. The number of hydrogen-bond acceptors (Lipinski definition) is 4. The summed E-state index contributed by atoms with van der Waals surface area (Å²) < 4.78 is 0. The van der Waals surface area contributed by atoms with Gasteiger partial charge in [-0.25, -0.2) is 4.98 Å². The fraction of sp³-hybridized carbons (Fsp3) is 0.545. The van der Waals surface area contributed by atoms with Crippen LogP contribution in [0.1, 0.15) is 29.9 Å². The zero-order chi connectivity index (χ0) is 10.5. The minimum Gasteiger partial charge on any atom is -0.383 e. The molecular formula is C11H15N3O. The lowest BCUT2D eigenvalue weighted by molar-refractivity contribution is -0.0142. The van der Waals surface area contributed by atoms with Gasteiger partial charge in [0.05, 0.1) is 0 Å². The molecule has 0 amide bonds. The maximum absolute atomic E-state index is 10.2. The first kappa shape index (κ1) is 9.12. The molecule has 0 spiro atoms. The summed E-state index contributed by atoms with van der Waals surface area (Å²) in [5.41, 5.74) is 7.04. The van der Waals surface area contributed by atoms with Gasteiger partial charge in [0.25, 0.3) is 0 Å². The largest absolute Gasteiger partial charge is 0.383 e. The standard InChI is InChI=1S/C11H15N3O/c12-10-9(11(15)5-13-6-11)3-8(4-14-10)7-1-2-7/h3-4,7,13,15H,1-2,5-6H2,(H2,12,14). The average Bonchev–Trinajstić information content (AvgIpc) is 2.98. The van der Waals surface area contributed by atoms with Crippen LogP contribution in [0.25, 0.3) is 0 Å². The van der Waals surface area contributed by atoms with Crippen LogP contribution in [0.3, 0.4) is 0 Å². The number of aliphatic hydroxyl groups is 1. The number of rotatable bonds is 2. The van der Waals surface area contributed by atoms with Crippen molar-refractivity contribution in [2.75, 3.05) is 18.8 Å². The molecule has 2 heterocycles. The highest BCUT2D eigenvalue weighted by molar-refractivity contribution is 5.47. The Labute approximate surface area is 88.5 Å². The Bertz CT molecular complexity index is 397. The lowest BCUT2D eigenvalue weighted by atomic mass is 9.87. The van der Waals surface area contributed by atoms with Crippen molar-refractivity contribution in [1.29, 1.82) is 0 Å². The molecule has 3 rings (SSSR count). The van der Waals surface area contributed by atoms with E-state index in [1.165, 1.54) is 18.4 Å². The molecule has 4 N–H and O–H groups in total. The average molecular weight is 205 g/mol. The van der Waals surface area contributed by atoms with Crippen molar-refractivity contribution >= 4 is 5.82 Å². The molecule has 1 aromatic heterocycles. The molecule has 1 saturated heterocycles. The molecule has 2 fully saturated rings. The third-order valence-corrected chi connectivity index (χ3v) is 3.32. The van der Waals surface area contributed by atoms with E-state index in [1.54, 1.807) is 0 Å². The summed E-state index contributed by atoms with van der Waals surface area (Å²) in [7, 11) is 0. The lowest BCUT2D eigenvalue weighted by Gasteiger charge is -2.38. The Balaban J connectivity index is 2.00. The number of pyridine rings is 1. The zero-order valence-corrected chi connectivity index (χ0v) is 8.53. The lowest BCUT2D eigenvalue weighted by Crippen LogP contribution is -2.57. The molecule has 0 atom stereocenters. The van der Waals surface area contributed by atoms with Crippen molar-refractivity contribution in [3.63, 3.8) is 0 Å². The van der Waals surface area contributed by atoms with E-state index in [-0.39, 0.29) is 0 Å². The highest BCUT2D eigenvalue weighted by Gasteiger charge is 2.39. The van der Waals surface area contributed by atoms with Gasteiger partial charge >= 0.3 is 0 Å². The Kier molecular flexibility index (Phi) is 1.78. The van der Waals surface area contributed by atoms with E-state index in [0.717, 1.165) is 5.56 Å². The topological polar surface area (TPSA) is 71.2 Å². The highest BCUT2D eigenvalue weighted by atomic mass is 16.3. The summed E-state index contributed by atoms with van der Waals surface area (Å²) in [5.74, 6) is 1.11. The van der Waals surface area contributed by atoms with Gasteiger partial charge in [-0.15, -0.1) is 0 Å². The fourth-order valence-electron chi connectivity index (χ4n) is 2.06. The van der Waals surface area contributed by atoms with Gasteiger partial charge in [-0.2, -0.15) is 0 Å². The van der Waals surface area contributed by atoms with Crippen LogP contribution in [-0.4, -0.2) is 23.2 Å². The molecule has 0 radical (unpaired) electrons. The summed E-state index contributed by atoms with van der Waals surface area (Å²) in [6, 6.07) is 2.03. The molecule has 1 aliphatic carbocycles. The Hall–Kier alpha value is -1.13. The zero-order valence-electron chi connectivity index (χ0n) is 8.53. The van der Waals surface area contributed by atoms with Gasteiger partial charge < -0.3 is 16.2 Å². The molecule has 15 heavy (non-hydrogen) atoms. The number of anilines is 1. The van der Waals surface area contributed by atoms with Crippen LogP contribution < -0.4 is 11.1 Å². The number of nitrogens with zero attached hydrogens (tertiary/aromatic N) is 1. The number of nitrogen functional groups attached to an aromatic ring is 1. The maximum atomic E-state index is 10.2. The number of aromatic nitrogens is 1. The second kappa shape index (κ2) is 2.93. The number of nitrogens with two attached hydrogens (primary N) is 1. The third-order valence-electron chi connectivity index (χ3n) is 3.32. The molecular weight excluding hydrogens is 190 g/mol. The summed E-state index contributed by atoms with van der Waals surface area (Å²) in [6.07, 6.45) is 4.31. The Morgan fingerprint density at radius 1 is 1.47 bits per heavy atom. The normalized spacial score (nSPS) is 23.5. The van der Waals surface area contributed by atoms with Gasteiger partial charge in [0.2, 0.25) is 0 Å². The van der Waals surface area contributed by atoms with Crippen LogP contribution in [0, 0.1) is 0 Å². The van der Waals surface area contributed by atoms with E-state index in [9.17, 15) is 5.11 Å². The second-order valence-corrected chi connectivity index (χ2v) is 4.61. The molecule has 4 nitrogen and oxygen atoms in total. The SMILES string of the molecule is Nc1ncc(C2CC2)cc1C1(O)CNC1. The minimum atomic E-state index is -0.790. The molecule has 80 valence electrons. The Morgan fingerprint density at radius 2 is 2.20 bits per heavy atom. The summed E-state index contributed by atoms with van der Waals surface area (Å²) in [6.45, 7) is 1.15. The van der Waals surface area contributed by atoms with Gasteiger partial charge in [-0.05, 0) is 30.4 Å². The fourth-order valence-corrected chi connectivity index (χ4v) is 2.06. The molecule has 1 aromatic rings. The first-order valence-electron chi connectivity index (χ1n) is 5.38. The third kappa shape index (κ3) is 1.41. The molecule has 2 aliphatic rings. The quantitative estimate of drug-likeness (QED) is 0.650. The monoisotopic (exact) mass is 205 g/mol. The van der Waals surface area contributed by atoms with Crippen LogP contribution in [0.15, 0.2) is 12.3 Å². The van der Waals surface area contributed by atoms with Gasteiger partial charge in [0.15, 0.2) is 0 Å². The second-order valence-electron chi connectivity index (χ2n) is 4.61. The van der Waals surface area contributed by atoms with Crippen molar-refractivity contribution in [1.82, 2.24) is 10.3 Å². The van der Waals surface area contributed by atoms with E-state index in [2.05, 4.69) is 10.3 Å². The van der Waals surface area contributed by atoms with E-state index < -0.39 is 5.60 Å². The summed E-state index contributed by atoms with van der Waals surface area (Å²) >= 11 is 0. The van der Waals surface area contributed by atoms with Gasteiger partial charge in [-0.3, -0.25) is 0 Å². The predicted molar refractivity (Wildman–Crippen MR) is 57.4 cm³/mol. The van der Waals surface area contributed by atoms with E-state index in [1.807, 2.05) is 12.3 Å². The van der Waals surface area contributed by atoms with Crippen LogP contribution >= 0.6 is 0 Å². The number of hydrogen-bond donors (Lipinski definition) is 3. The van der Waals surface area contributed by atoms with Crippen LogP contribution in [0.4, 0.5) is 5.82 Å². The van der Waals surface area contributed by atoms with Crippen LogP contribution in [-0.2, 0) is 5.60 Å². The molecule has 1 aliphatic heterocycles. The predicted octanol–water partition coefficient (Wildman–Crippen LogP) is 0.332. The van der Waals surface area contributed by atoms with Gasteiger partial charge in [0, 0.05) is 24.8 Å². The minimum absolute atomic E-state index is 0.461. The number of β-amino-alcohol motifs (C(OH)–C–C–N with tert-alkyl or cyclic N) is 1. The summed E-state index contributed by atoms with van der Waals surface area (Å²) in [5, 5.41) is 13.3. The molecule has 0 aromatic carbocycles. The van der Waals surface area contributed by atoms with E-state index >= 15 is 0 Å². The Morgan fingerprint density at radius 3 is 2.73 bits per heavy atom. The van der Waals surface area contributed by atoms with Gasteiger partial charge in [-0.1, -0.05) is 0 Å². The van der Waals surface area contributed by atoms with Crippen molar-refractivity contribution in [2.24, 2.45) is 0 Å².